The van der Waals surface area contributed by atoms with E-state index in [0.717, 1.165) is 5.69 Å². The molecular weight excluding hydrogens is 314 g/mol. The SMILES string of the molecule is CC(C(=O)Nc1ccccc1Cl)N1CCOc2cc(N)ccc21. The fourth-order valence-corrected chi connectivity index (χ4v) is 2.78. The second-order valence-corrected chi connectivity index (χ2v) is 5.82. The number of nitrogens with zero attached hydrogens (tertiary/aromatic N) is 1. The van der Waals surface area contributed by atoms with E-state index in [-0.39, 0.29) is 11.9 Å². The minimum Gasteiger partial charge on any atom is -0.489 e. The Morgan fingerprint density at radius 1 is 1.35 bits per heavy atom. The zero-order chi connectivity index (χ0) is 16.4. The molecule has 2 aromatic carbocycles. The molecule has 0 spiro atoms. The number of carbonyl (C=O) groups excluding carboxylic acids is 1. The summed E-state index contributed by atoms with van der Waals surface area (Å²) in [5.41, 5.74) is 7.90. The number of hydrogen-bond donors (Lipinski definition) is 2. The highest BCUT2D eigenvalue weighted by atomic mass is 35.5. The molecule has 23 heavy (non-hydrogen) atoms. The number of anilines is 3. The topological polar surface area (TPSA) is 67.6 Å². The molecule has 0 aliphatic carbocycles. The van der Waals surface area contributed by atoms with E-state index >= 15 is 0 Å². The van der Waals surface area contributed by atoms with Crippen molar-refractivity contribution in [3.8, 4) is 5.75 Å². The van der Waals surface area contributed by atoms with Gasteiger partial charge in [-0.05, 0) is 31.2 Å². The molecule has 1 unspecified atom stereocenters. The van der Waals surface area contributed by atoms with Crippen molar-refractivity contribution in [3.05, 3.63) is 47.5 Å². The molecule has 2 aromatic rings. The zero-order valence-corrected chi connectivity index (χ0v) is 13.5. The number of nitrogens with two attached hydrogens (primary N) is 1. The predicted molar refractivity (Wildman–Crippen MR) is 93.2 cm³/mol. The first kappa shape index (κ1) is 15.5. The number of rotatable bonds is 3. The first-order valence-electron chi connectivity index (χ1n) is 7.40. The molecule has 120 valence electrons. The lowest BCUT2D eigenvalue weighted by atomic mass is 10.1. The number of halogens is 1. The molecular formula is C17H18ClN3O2. The van der Waals surface area contributed by atoms with Crippen molar-refractivity contribution >= 4 is 34.6 Å². The monoisotopic (exact) mass is 331 g/mol. The van der Waals surface area contributed by atoms with Gasteiger partial charge in [-0.15, -0.1) is 0 Å². The maximum absolute atomic E-state index is 12.6. The summed E-state index contributed by atoms with van der Waals surface area (Å²) in [7, 11) is 0. The number of hydrogen-bond acceptors (Lipinski definition) is 4. The van der Waals surface area contributed by atoms with Gasteiger partial charge >= 0.3 is 0 Å². The molecule has 6 heteroatoms. The fourth-order valence-electron chi connectivity index (χ4n) is 2.60. The lowest BCUT2D eigenvalue weighted by Gasteiger charge is -2.35. The van der Waals surface area contributed by atoms with Gasteiger partial charge in [-0.2, -0.15) is 0 Å². The lowest BCUT2D eigenvalue weighted by molar-refractivity contribution is -0.117. The van der Waals surface area contributed by atoms with E-state index in [2.05, 4.69) is 5.32 Å². The Kier molecular flexibility index (Phi) is 4.30. The molecule has 0 aromatic heterocycles. The third-order valence-electron chi connectivity index (χ3n) is 3.86. The van der Waals surface area contributed by atoms with Gasteiger partial charge in [0.15, 0.2) is 0 Å². The molecule has 1 heterocycles. The Balaban J connectivity index is 1.80. The van der Waals surface area contributed by atoms with Gasteiger partial charge in [0.2, 0.25) is 5.91 Å². The molecule has 1 aliphatic rings. The van der Waals surface area contributed by atoms with Crippen LogP contribution in [0.3, 0.4) is 0 Å². The summed E-state index contributed by atoms with van der Waals surface area (Å²) in [6.45, 7) is 3.01. The molecule has 3 rings (SSSR count). The molecule has 0 saturated heterocycles. The van der Waals surface area contributed by atoms with E-state index in [0.29, 0.717) is 35.3 Å². The first-order chi connectivity index (χ1) is 11.1. The van der Waals surface area contributed by atoms with Crippen LogP contribution in [-0.4, -0.2) is 25.1 Å². The van der Waals surface area contributed by atoms with Crippen LogP contribution in [-0.2, 0) is 4.79 Å². The third-order valence-corrected chi connectivity index (χ3v) is 4.19. The lowest BCUT2D eigenvalue weighted by Crippen LogP contribution is -2.46. The number of nitrogens with one attached hydrogen (secondary N) is 1. The molecule has 0 fully saturated rings. The van der Waals surface area contributed by atoms with Crippen molar-refractivity contribution in [2.24, 2.45) is 0 Å². The second kappa shape index (κ2) is 6.38. The van der Waals surface area contributed by atoms with Crippen LogP contribution in [0.4, 0.5) is 17.1 Å². The van der Waals surface area contributed by atoms with Gasteiger partial charge in [0.1, 0.15) is 18.4 Å². The second-order valence-electron chi connectivity index (χ2n) is 5.41. The van der Waals surface area contributed by atoms with Gasteiger partial charge in [-0.1, -0.05) is 23.7 Å². The molecule has 0 saturated carbocycles. The summed E-state index contributed by atoms with van der Waals surface area (Å²) in [6.07, 6.45) is 0. The van der Waals surface area contributed by atoms with Crippen LogP contribution in [0.1, 0.15) is 6.92 Å². The molecule has 1 atom stereocenters. The van der Waals surface area contributed by atoms with Crippen molar-refractivity contribution in [1.29, 1.82) is 0 Å². The largest absolute Gasteiger partial charge is 0.489 e. The Hall–Kier alpha value is -2.40. The van der Waals surface area contributed by atoms with Crippen molar-refractivity contribution in [1.82, 2.24) is 0 Å². The van der Waals surface area contributed by atoms with Crippen molar-refractivity contribution in [3.63, 3.8) is 0 Å². The van der Waals surface area contributed by atoms with Gasteiger partial charge in [0.25, 0.3) is 0 Å². The van der Waals surface area contributed by atoms with Gasteiger partial charge in [-0.3, -0.25) is 4.79 Å². The third kappa shape index (κ3) is 3.19. The number of nitrogen functional groups attached to an aromatic ring is 1. The summed E-state index contributed by atoms with van der Waals surface area (Å²) in [4.78, 5) is 14.6. The van der Waals surface area contributed by atoms with Crippen molar-refractivity contribution < 1.29 is 9.53 Å². The standard InChI is InChI=1S/C17H18ClN3O2/c1-11(17(22)20-14-5-3-2-4-13(14)18)21-8-9-23-16-10-12(19)6-7-15(16)21/h2-7,10-11H,8-9,19H2,1H3,(H,20,22). The number of fused-ring (bicyclic) bond motifs is 1. The summed E-state index contributed by atoms with van der Waals surface area (Å²) in [6, 6.07) is 12.3. The molecule has 5 nitrogen and oxygen atoms in total. The maximum atomic E-state index is 12.6. The van der Waals surface area contributed by atoms with Crippen LogP contribution in [0, 0.1) is 0 Å². The van der Waals surface area contributed by atoms with E-state index in [1.807, 2.05) is 30.0 Å². The summed E-state index contributed by atoms with van der Waals surface area (Å²) >= 11 is 6.10. The molecule has 1 amide bonds. The van der Waals surface area contributed by atoms with Gasteiger partial charge in [0, 0.05) is 11.8 Å². The summed E-state index contributed by atoms with van der Waals surface area (Å²) in [5, 5.41) is 3.39. The van der Waals surface area contributed by atoms with E-state index in [1.54, 1.807) is 24.3 Å². The van der Waals surface area contributed by atoms with E-state index in [4.69, 9.17) is 22.1 Å². The highest BCUT2D eigenvalue weighted by Gasteiger charge is 2.27. The summed E-state index contributed by atoms with van der Waals surface area (Å²) < 4.78 is 5.63. The van der Waals surface area contributed by atoms with Crippen molar-refractivity contribution in [2.45, 2.75) is 13.0 Å². The van der Waals surface area contributed by atoms with Crippen molar-refractivity contribution in [2.75, 3.05) is 29.1 Å². The van der Waals surface area contributed by atoms with E-state index in [1.165, 1.54) is 0 Å². The molecule has 3 N–H and O–H groups in total. The highest BCUT2D eigenvalue weighted by Crippen LogP contribution is 2.34. The Morgan fingerprint density at radius 3 is 2.91 bits per heavy atom. The Bertz CT molecular complexity index is 736. The minimum atomic E-state index is -0.363. The minimum absolute atomic E-state index is 0.122. The Morgan fingerprint density at radius 2 is 2.13 bits per heavy atom. The van der Waals surface area contributed by atoms with Crippen LogP contribution >= 0.6 is 11.6 Å². The van der Waals surface area contributed by atoms with Crippen LogP contribution in [0.5, 0.6) is 5.75 Å². The molecule has 0 bridgehead atoms. The van der Waals surface area contributed by atoms with E-state index in [9.17, 15) is 4.79 Å². The van der Waals surface area contributed by atoms with Gasteiger partial charge < -0.3 is 20.7 Å². The van der Waals surface area contributed by atoms with Crippen LogP contribution in [0.25, 0.3) is 0 Å². The maximum Gasteiger partial charge on any atom is 0.246 e. The number of ether oxygens (including phenoxy) is 1. The van der Waals surface area contributed by atoms with Gasteiger partial charge in [0.05, 0.1) is 22.9 Å². The Labute approximate surface area is 140 Å². The highest BCUT2D eigenvalue weighted by molar-refractivity contribution is 6.33. The molecule has 0 radical (unpaired) electrons. The van der Waals surface area contributed by atoms with Crippen LogP contribution < -0.4 is 20.7 Å². The number of amides is 1. The number of carbonyl (C=O) groups is 1. The van der Waals surface area contributed by atoms with Crippen LogP contribution in [0.2, 0.25) is 5.02 Å². The quantitative estimate of drug-likeness (QED) is 0.848. The summed E-state index contributed by atoms with van der Waals surface area (Å²) in [5.74, 6) is 0.580. The average Bonchev–Trinajstić information content (AvgIpc) is 2.55. The number of para-hydroxylation sites is 1. The van der Waals surface area contributed by atoms with E-state index < -0.39 is 0 Å². The zero-order valence-electron chi connectivity index (χ0n) is 12.8. The molecule has 1 aliphatic heterocycles. The van der Waals surface area contributed by atoms with Crippen LogP contribution in [0.15, 0.2) is 42.5 Å². The normalized spacial score (nSPS) is 14.6. The first-order valence-corrected chi connectivity index (χ1v) is 7.78. The smallest absolute Gasteiger partial charge is 0.246 e. The predicted octanol–water partition coefficient (Wildman–Crippen LogP) is 3.15. The number of benzene rings is 2. The fraction of sp³-hybridized carbons (Fsp3) is 0.235. The average molecular weight is 332 g/mol. The van der Waals surface area contributed by atoms with Gasteiger partial charge in [-0.25, -0.2) is 0 Å².